The van der Waals surface area contributed by atoms with Gasteiger partial charge < -0.3 is 11.1 Å². The van der Waals surface area contributed by atoms with Crippen LogP contribution >= 0.6 is 0 Å². The fourth-order valence-electron chi connectivity index (χ4n) is 4.36. The molecule has 33 heavy (non-hydrogen) atoms. The highest BCUT2D eigenvalue weighted by molar-refractivity contribution is 6.02. The van der Waals surface area contributed by atoms with Crippen molar-refractivity contribution < 1.29 is 18.8 Å². The maximum atomic E-state index is 14.0. The number of anilines is 1. The highest BCUT2D eigenvalue weighted by Crippen LogP contribution is 2.40. The molecule has 3 aromatic rings. The molecule has 3 N–H and O–H groups in total. The number of hydrogen-bond donors (Lipinski definition) is 2. The number of nitrogens with one attached hydrogen (secondary N) is 1. The molecular formula is C26H26FN3O3. The Kier molecular flexibility index (Phi) is 6.82. The minimum Gasteiger partial charge on any atom is -0.343 e. The second-order valence-electron chi connectivity index (χ2n) is 8.07. The molecule has 0 saturated carbocycles. The van der Waals surface area contributed by atoms with Crippen LogP contribution in [0.5, 0.6) is 0 Å². The predicted octanol–water partition coefficient (Wildman–Crippen LogP) is 3.31. The van der Waals surface area contributed by atoms with Crippen molar-refractivity contribution in [2.24, 2.45) is 5.73 Å². The molecule has 6 nitrogen and oxygen atoms in total. The summed E-state index contributed by atoms with van der Waals surface area (Å²) in [6, 6.07) is 21.9. The van der Waals surface area contributed by atoms with E-state index in [0.29, 0.717) is 11.3 Å². The third-order valence-corrected chi connectivity index (χ3v) is 5.84. The molecule has 0 aliphatic carbocycles. The Labute approximate surface area is 192 Å². The van der Waals surface area contributed by atoms with Gasteiger partial charge in [-0.1, -0.05) is 66.7 Å². The average Bonchev–Trinajstić information content (AvgIpc) is 2.81. The highest BCUT2D eigenvalue weighted by Gasteiger charge is 2.42. The van der Waals surface area contributed by atoms with Crippen LogP contribution in [-0.2, 0) is 20.8 Å². The zero-order chi connectivity index (χ0) is 23.4. The van der Waals surface area contributed by atoms with E-state index in [2.05, 4.69) is 5.32 Å². The molecule has 170 valence electrons. The van der Waals surface area contributed by atoms with Crippen molar-refractivity contribution in [1.29, 1.82) is 0 Å². The van der Waals surface area contributed by atoms with Crippen LogP contribution in [0.3, 0.4) is 0 Å². The van der Waals surface area contributed by atoms with Gasteiger partial charge >= 0.3 is 0 Å². The Morgan fingerprint density at radius 2 is 1.73 bits per heavy atom. The van der Waals surface area contributed by atoms with E-state index in [9.17, 15) is 14.0 Å². The molecule has 0 radical (unpaired) electrons. The minimum absolute atomic E-state index is 0.0474. The number of nitrogens with zero attached hydrogens (tertiary/aromatic N) is 1. The van der Waals surface area contributed by atoms with Crippen LogP contribution in [0.4, 0.5) is 10.1 Å². The second kappa shape index (κ2) is 9.94. The number of benzene rings is 3. The number of amides is 2. The van der Waals surface area contributed by atoms with Gasteiger partial charge in [-0.05, 0) is 35.2 Å². The molecular weight excluding hydrogens is 421 g/mol. The highest BCUT2D eigenvalue weighted by atomic mass is 19.1. The lowest BCUT2D eigenvalue weighted by Gasteiger charge is -2.38. The Morgan fingerprint density at radius 1 is 1.06 bits per heavy atom. The third-order valence-electron chi connectivity index (χ3n) is 5.84. The lowest BCUT2D eigenvalue weighted by Crippen LogP contribution is -2.55. The van der Waals surface area contributed by atoms with Gasteiger partial charge in [-0.3, -0.25) is 14.4 Å². The summed E-state index contributed by atoms with van der Waals surface area (Å²) >= 11 is 0. The number of hydrogen-bond acceptors (Lipinski definition) is 4. The standard InChI is InChI=1S/C26H26FN3O3/c1-33-30-22-14-8-6-12-20(22)24(17-9-3-2-4-10-17)25(26(30)32)29-23(31)16-19(28)15-18-11-5-7-13-21(18)27/h2-14,19,24-25H,15-16,28H2,1H3,(H,29,31)/t19?,24-,25+/m1/s1. The summed E-state index contributed by atoms with van der Waals surface area (Å²) in [5.41, 5.74) is 9.00. The van der Waals surface area contributed by atoms with Crippen molar-refractivity contribution in [2.45, 2.75) is 30.8 Å². The van der Waals surface area contributed by atoms with Gasteiger partial charge in [-0.2, -0.15) is 5.06 Å². The van der Waals surface area contributed by atoms with E-state index < -0.39 is 18.0 Å². The molecule has 0 bridgehead atoms. The van der Waals surface area contributed by atoms with Gasteiger partial charge in [-0.15, -0.1) is 0 Å². The summed E-state index contributed by atoms with van der Waals surface area (Å²) in [6.07, 6.45) is 0.169. The van der Waals surface area contributed by atoms with Crippen molar-refractivity contribution >= 4 is 17.5 Å². The fourth-order valence-corrected chi connectivity index (χ4v) is 4.36. The van der Waals surface area contributed by atoms with Crippen LogP contribution in [-0.4, -0.2) is 31.0 Å². The molecule has 4 rings (SSSR count). The normalized spacial score (nSPS) is 18.5. The van der Waals surface area contributed by atoms with E-state index in [1.165, 1.54) is 18.2 Å². The topological polar surface area (TPSA) is 84.7 Å². The van der Waals surface area contributed by atoms with Crippen molar-refractivity contribution in [3.63, 3.8) is 0 Å². The summed E-state index contributed by atoms with van der Waals surface area (Å²) in [5.74, 6) is -1.50. The summed E-state index contributed by atoms with van der Waals surface area (Å²) in [5, 5.41) is 4.08. The van der Waals surface area contributed by atoms with Gasteiger partial charge in [0.1, 0.15) is 11.9 Å². The summed E-state index contributed by atoms with van der Waals surface area (Å²) in [7, 11) is 1.42. The van der Waals surface area contributed by atoms with E-state index >= 15 is 0 Å². The first-order valence-corrected chi connectivity index (χ1v) is 10.8. The molecule has 2 amide bonds. The zero-order valence-corrected chi connectivity index (χ0v) is 18.3. The largest absolute Gasteiger partial charge is 0.343 e. The van der Waals surface area contributed by atoms with Crippen molar-refractivity contribution in [3.05, 3.63) is 101 Å². The smallest absolute Gasteiger partial charge is 0.274 e. The fraction of sp³-hybridized carbons (Fsp3) is 0.231. The first kappa shape index (κ1) is 22.6. The number of halogens is 1. The molecule has 3 aromatic carbocycles. The molecule has 0 saturated heterocycles. The van der Waals surface area contributed by atoms with Crippen LogP contribution in [0.1, 0.15) is 29.0 Å². The van der Waals surface area contributed by atoms with E-state index in [0.717, 1.165) is 11.1 Å². The number of fused-ring (bicyclic) bond motifs is 1. The maximum absolute atomic E-state index is 14.0. The van der Waals surface area contributed by atoms with Crippen molar-refractivity contribution in [1.82, 2.24) is 5.32 Å². The van der Waals surface area contributed by atoms with E-state index in [1.54, 1.807) is 18.2 Å². The van der Waals surface area contributed by atoms with E-state index in [4.69, 9.17) is 10.6 Å². The monoisotopic (exact) mass is 447 g/mol. The molecule has 0 fully saturated rings. The quantitative estimate of drug-likeness (QED) is 0.582. The minimum atomic E-state index is -0.879. The van der Waals surface area contributed by atoms with Crippen LogP contribution < -0.4 is 16.1 Å². The van der Waals surface area contributed by atoms with E-state index in [-0.39, 0.29) is 30.5 Å². The summed E-state index contributed by atoms with van der Waals surface area (Å²) < 4.78 is 14.0. The van der Waals surface area contributed by atoms with Crippen molar-refractivity contribution in [3.8, 4) is 0 Å². The molecule has 1 unspecified atom stereocenters. The lowest BCUT2D eigenvalue weighted by molar-refractivity contribution is -0.132. The Bertz CT molecular complexity index is 1140. The first-order chi connectivity index (χ1) is 16.0. The summed E-state index contributed by atoms with van der Waals surface area (Å²) in [6.45, 7) is 0. The average molecular weight is 448 g/mol. The van der Waals surface area contributed by atoms with Gasteiger partial charge in [0.25, 0.3) is 5.91 Å². The molecule has 3 atom stereocenters. The number of carbonyl (C=O) groups excluding carboxylic acids is 2. The Balaban J connectivity index is 1.58. The van der Waals surface area contributed by atoms with Gasteiger partial charge in [0, 0.05) is 18.4 Å². The lowest BCUT2D eigenvalue weighted by atomic mass is 9.81. The molecule has 1 heterocycles. The SMILES string of the molecule is CON1C(=O)[C@@H](NC(=O)CC(N)Cc2ccccc2F)[C@H](c2ccccc2)c2ccccc21. The van der Waals surface area contributed by atoms with Gasteiger partial charge in [0.15, 0.2) is 0 Å². The number of rotatable bonds is 7. The van der Waals surface area contributed by atoms with Crippen LogP contribution in [0.25, 0.3) is 0 Å². The van der Waals surface area contributed by atoms with Crippen LogP contribution in [0, 0.1) is 5.82 Å². The van der Waals surface area contributed by atoms with Gasteiger partial charge in [0.05, 0.1) is 12.8 Å². The zero-order valence-electron chi connectivity index (χ0n) is 18.3. The first-order valence-electron chi connectivity index (χ1n) is 10.8. The Hall–Kier alpha value is -3.55. The van der Waals surface area contributed by atoms with Crippen molar-refractivity contribution in [2.75, 3.05) is 12.2 Å². The number of carbonyl (C=O) groups is 2. The van der Waals surface area contributed by atoms with E-state index in [1.807, 2.05) is 54.6 Å². The number of para-hydroxylation sites is 1. The molecule has 1 aliphatic heterocycles. The van der Waals surface area contributed by atoms with Crippen LogP contribution in [0.2, 0.25) is 0 Å². The maximum Gasteiger partial charge on any atom is 0.274 e. The Morgan fingerprint density at radius 3 is 2.45 bits per heavy atom. The molecule has 7 heteroatoms. The molecule has 0 spiro atoms. The second-order valence-corrected chi connectivity index (χ2v) is 8.07. The number of hydroxylamine groups is 1. The molecule has 1 aliphatic rings. The third kappa shape index (κ3) is 4.79. The molecule has 0 aromatic heterocycles. The van der Waals surface area contributed by atoms with Gasteiger partial charge in [0.2, 0.25) is 5.91 Å². The summed E-state index contributed by atoms with van der Waals surface area (Å²) in [4.78, 5) is 31.7. The van der Waals surface area contributed by atoms with Gasteiger partial charge in [-0.25, -0.2) is 4.39 Å². The van der Waals surface area contributed by atoms with Crippen LogP contribution in [0.15, 0.2) is 78.9 Å². The predicted molar refractivity (Wildman–Crippen MR) is 124 cm³/mol. The number of nitrogens with two attached hydrogens (primary N) is 1.